The molecule has 2 heterocycles. The molecule has 3 atom stereocenters. The largest absolute Gasteiger partial charge is 0.352 e. The molecule has 17 heavy (non-hydrogen) atoms. The molecule has 0 unspecified atom stereocenters. The fraction of sp³-hybridized carbons (Fsp3) is 0.700. The SMILES string of the molecule is C[C@H]1C[C@@H](COP=O)O[C@H]1N1C=CC(=O)NC1. The number of amides is 1. The van der Waals surface area contributed by atoms with Crippen LogP contribution >= 0.6 is 8.69 Å². The second-order valence-corrected chi connectivity index (χ2v) is 4.67. The summed E-state index contributed by atoms with van der Waals surface area (Å²) in [7, 11) is -0.315. The van der Waals surface area contributed by atoms with Gasteiger partial charge < -0.3 is 15.0 Å². The van der Waals surface area contributed by atoms with Gasteiger partial charge in [0.05, 0.1) is 19.4 Å². The minimum Gasteiger partial charge on any atom is -0.352 e. The lowest BCUT2D eigenvalue weighted by molar-refractivity contribution is -0.120. The topological polar surface area (TPSA) is 67.9 Å². The van der Waals surface area contributed by atoms with Crippen molar-refractivity contribution in [3.63, 3.8) is 0 Å². The van der Waals surface area contributed by atoms with Crippen LogP contribution in [0.15, 0.2) is 12.3 Å². The number of hydrogen-bond acceptors (Lipinski definition) is 5. The Morgan fingerprint density at radius 2 is 2.53 bits per heavy atom. The van der Waals surface area contributed by atoms with E-state index < -0.39 is 0 Å². The first-order valence-electron chi connectivity index (χ1n) is 5.52. The molecule has 1 amide bonds. The molecular formula is C10H15N2O4P. The highest BCUT2D eigenvalue weighted by molar-refractivity contribution is 7.17. The Morgan fingerprint density at radius 3 is 3.18 bits per heavy atom. The fourth-order valence-corrected chi connectivity index (χ4v) is 2.39. The van der Waals surface area contributed by atoms with Crippen LogP contribution in [-0.4, -0.2) is 36.4 Å². The summed E-state index contributed by atoms with van der Waals surface area (Å²) in [5, 5.41) is 2.73. The summed E-state index contributed by atoms with van der Waals surface area (Å²) in [5.41, 5.74) is 0. The van der Waals surface area contributed by atoms with Crippen LogP contribution in [0, 0.1) is 5.92 Å². The van der Waals surface area contributed by atoms with Gasteiger partial charge in [0.2, 0.25) is 5.91 Å². The number of ether oxygens (including phenoxy) is 1. The van der Waals surface area contributed by atoms with Crippen molar-refractivity contribution in [2.75, 3.05) is 13.3 Å². The van der Waals surface area contributed by atoms with Crippen molar-refractivity contribution in [2.24, 2.45) is 5.92 Å². The maximum absolute atomic E-state index is 11.0. The molecule has 2 aliphatic rings. The molecule has 0 aromatic carbocycles. The summed E-state index contributed by atoms with van der Waals surface area (Å²) >= 11 is 0. The average molecular weight is 258 g/mol. The van der Waals surface area contributed by atoms with E-state index in [4.69, 9.17) is 9.26 Å². The molecular weight excluding hydrogens is 243 g/mol. The Labute approximate surface area is 101 Å². The lowest BCUT2D eigenvalue weighted by atomic mass is 10.1. The molecule has 6 nitrogen and oxygen atoms in total. The van der Waals surface area contributed by atoms with Crippen molar-refractivity contribution in [1.82, 2.24) is 10.2 Å². The first kappa shape index (κ1) is 12.5. The summed E-state index contributed by atoms with van der Waals surface area (Å²) in [4.78, 5) is 12.9. The Hall–Kier alpha value is -0.970. The van der Waals surface area contributed by atoms with E-state index in [-0.39, 0.29) is 26.9 Å². The fourth-order valence-electron chi connectivity index (χ4n) is 2.16. The predicted molar refractivity (Wildman–Crippen MR) is 60.0 cm³/mol. The smallest absolute Gasteiger partial charge is 0.327 e. The normalized spacial score (nSPS) is 33.1. The summed E-state index contributed by atoms with van der Waals surface area (Å²) in [6.45, 7) is 2.87. The predicted octanol–water partition coefficient (Wildman–Crippen LogP) is 0.864. The van der Waals surface area contributed by atoms with Crippen LogP contribution < -0.4 is 5.32 Å². The molecule has 2 rings (SSSR count). The third kappa shape index (κ3) is 3.03. The first-order chi connectivity index (χ1) is 8.20. The highest BCUT2D eigenvalue weighted by atomic mass is 31.1. The number of carbonyl (C=O) groups is 1. The van der Waals surface area contributed by atoms with Gasteiger partial charge in [-0.2, -0.15) is 0 Å². The van der Waals surface area contributed by atoms with Gasteiger partial charge in [-0.3, -0.25) is 9.32 Å². The number of nitrogens with zero attached hydrogens (tertiary/aromatic N) is 1. The van der Waals surface area contributed by atoms with Crippen molar-refractivity contribution in [3.05, 3.63) is 12.3 Å². The summed E-state index contributed by atoms with van der Waals surface area (Å²) in [6, 6.07) is 0. The minimum absolute atomic E-state index is 0.0394. The van der Waals surface area contributed by atoms with Crippen LogP contribution in [0.4, 0.5) is 0 Å². The summed E-state index contributed by atoms with van der Waals surface area (Å²) < 4.78 is 20.8. The van der Waals surface area contributed by atoms with Crippen LogP contribution in [0.2, 0.25) is 0 Å². The maximum atomic E-state index is 11.0. The van der Waals surface area contributed by atoms with Crippen LogP contribution in [0.25, 0.3) is 0 Å². The molecule has 0 aliphatic carbocycles. The van der Waals surface area contributed by atoms with Gasteiger partial charge >= 0.3 is 8.69 Å². The van der Waals surface area contributed by atoms with Crippen molar-refractivity contribution in [2.45, 2.75) is 25.7 Å². The lowest BCUT2D eigenvalue weighted by Gasteiger charge is -2.31. The second kappa shape index (κ2) is 5.58. The van der Waals surface area contributed by atoms with Gasteiger partial charge in [-0.05, 0) is 6.42 Å². The number of carbonyl (C=O) groups excluding carboxylic acids is 1. The van der Waals surface area contributed by atoms with E-state index in [0.717, 1.165) is 6.42 Å². The molecule has 1 saturated heterocycles. The quantitative estimate of drug-likeness (QED) is 0.757. The molecule has 1 N–H and O–H groups in total. The van der Waals surface area contributed by atoms with Gasteiger partial charge in [-0.15, -0.1) is 0 Å². The van der Waals surface area contributed by atoms with Gasteiger partial charge in [0, 0.05) is 18.2 Å². The van der Waals surface area contributed by atoms with Crippen molar-refractivity contribution >= 4 is 14.6 Å². The monoisotopic (exact) mass is 258 g/mol. The Bertz CT molecular complexity index is 336. The van der Waals surface area contributed by atoms with Gasteiger partial charge in [-0.25, -0.2) is 4.57 Å². The minimum atomic E-state index is -0.315. The first-order valence-corrected chi connectivity index (χ1v) is 6.25. The standard InChI is InChI=1S/C10H15N2O4P/c1-7-4-8(5-15-17-14)16-10(7)12-3-2-9(13)11-6-12/h2-3,7-8,10H,4-6H2,1H3,(H,11,13)/t7-,8-,10+/m0/s1. The molecule has 7 heteroatoms. The molecule has 0 saturated carbocycles. The van der Waals surface area contributed by atoms with Crippen LogP contribution in [-0.2, 0) is 18.6 Å². The van der Waals surface area contributed by atoms with Crippen LogP contribution in [0.1, 0.15) is 13.3 Å². The van der Waals surface area contributed by atoms with Crippen LogP contribution in [0.5, 0.6) is 0 Å². The molecule has 0 spiro atoms. The Kier molecular flexibility index (Phi) is 4.10. The molecule has 0 bridgehead atoms. The number of hydrogen-bond donors (Lipinski definition) is 1. The van der Waals surface area contributed by atoms with E-state index in [1.807, 2.05) is 4.90 Å². The van der Waals surface area contributed by atoms with Gasteiger partial charge in [0.25, 0.3) is 0 Å². The highest BCUT2D eigenvalue weighted by Gasteiger charge is 2.36. The average Bonchev–Trinajstić information content (AvgIpc) is 2.69. The summed E-state index contributed by atoms with van der Waals surface area (Å²) in [6.07, 6.45) is 3.99. The van der Waals surface area contributed by atoms with E-state index in [2.05, 4.69) is 12.2 Å². The molecule has 2 aliphatic heterocycles. The third-order valence-electron chi connectivity index (χ3n) is 2.95. The molecule has 0 aromatic rings. The molecule has 94 valence electrons. The maximum Gasteiger partial charge on any atom is 0.327 e. The van der Waals surface area contributed by atoms with E-state index >= 15 is 0 Å². The van der Waals surface area contributed by atoms with Crippen molar-refractivity contribution in [3.8, 4) is 0 Å². The molecule has 0 radical (unpaired) electrons. The summed E-state index contributed by atoms with van der Waals surface area (Å²) in [5.74, 6) is 0.253. The van der Waals surface area contributed by atoms with Crippen molar-refractivity contribution in [1.29, 1.82) is 0 Å². The molecule has 1 fully saturated rings. The third-order valence-corrected chi connectivity index (χ3v) is 3.20. The van der Waals surface area contributed by atoms with Gasteiger partial charge in [0.15, 0.2) is 0 Å². The van der Waals surface area contributed by atoms with E-state index in [1.54, 1.807) is 6.20 Å². The Morgan fingerprint density at radius 1 is 1.71 bits per heavy atom. The lowest BCUT2D eigenvalue weighted by Crippen LogP contribution is -2.45. The van der Waals surface area contributed by atoms with E-state index in [1.165, 1.54) is 6.08 Å². The van der Waals surface area contributed by atoms with E-state index in [9.17, 15) is 9.36 Å². The van der Waals surface area contributed by atoms with Crippen molar-refractivity contribution < 1.29 is 18.6 Å². The number of rotatable bonds is 4. The zero-order valence-corrected chi connectivity index (χ0v) is 10.4. The second-order valence-electron chi connectivity index (χ2n) is 4.26. The van der Waals surface area contributed by atoms with E-state index in [0.29, 0.717) is 19.2 Å². The van der Waals surface area contributed by atoms with Gasteiger partial charge in [-0.1, -0.05) is 6.92 Å². The zero-order valence-electron chi connectivity index (χ0n) is 9.54. The Balaban J connectivity index is 1.91. The number of nitrogens with one attached hydrogen (secondary N) is 1. The van der Waals surface area contributed by atoms with Crippen LogP contribution in [0.3, 0.4) is 0 Å². The highest BCUT2D eigenvalue weighted by Crippen LogP contribution is 2.29. The van der Waals surface area contributed by atoms with Gasteiger partial charge in [0.1, 0.15) is 6.23 Å². The zero-order chi connectivity index (χ0) is 12.3. The molecule has 0 aromatic heterocycles.